The van der Waals surface area contributed by atoms with E-state index in [1.807, 2.05) is 24.0 Å². The van der Waals surface area contributed by atoms with Crippen molar-refractivity contribution in [3.63, 3.8) is 0 Å². The molecule has 8 nitrogen and oxygen atoms in total. The molecule has 2 heterocycles. The molecule has 1 aromatic carbocycles. The molecule has 170 valence electrons. The molecule has 1 fully saturated rings. The van der Waals surface area contributed by atoms with Crippen molar-refractivity contribution in [3.8, 4) is 5.75 Å². The second kappa shape index (κ2) is 11.2. The second-order valence-corrected chi connectivity index (χ2v) is 9.65. The highest BCUT2D eigenvalue weighted by atomic mass is 35.5. The van der Waals surface area contributed by atoms with Crippen molar-refractivity contribution in [2.75, 3.05) is 32.8 Å². The van der Waals surface area contributed by atoms with Crippen molar-refractivity contribution in [2.24, 2.45) is 11.7 Å². The predicted molar refractivity (Wildman–Crippen MR) is 121 cm³/mol. The zero-order valence-electron chi connectivity index (χ0n) is 17.6. The van der Waals surface area contributed by atoms with Gasteiger partial charge < -0.3 is 15.4 Å². The van der Waals surface area contributed by atoms with Gasteiger partial charge in [0.15, 0.2) is 5.96 Å². The highest BCUT2D eigenvalue weighted by Gasteiger charge is 2.28. The van der Waals surface area contributed by atoms with Crippen LogP contribution in [0.5, 0.6) is 5.75 Å². The molecular formula is C20H34ClN5O3S. The van der Waals surface area contributed by atoms with Crippen molar-refractivity contribution >= 4 is 28.6 Å². The molecule has 0 amide bonds. The number of fused-ring (bicyclic) bond motifs is 1. The minimum absolute atomic E-state index is 0. The number of unbranched alkanes of at least 4 members (excludes halogenated alkanes) is 1. The maximum atomic E-state index is 12.3. The Morgan fingerprint density at radius 2 is 2.00 bits per heavy atom. The molecule has 30 heavy (non-hydrogen) atoms. The van der Waals surface area contributed by atoms with Crippen molar-refractivity contribution < 1.29 is 13.2 Å². The fourth-order valence-electron chi connectivity index (χ4n) is 3.83. The first-order valence-corrected chi connectivity index (χ1v) is 11.9. The molecule has 0 saturated carbocycles. The zero-order chi connectivity index (χ0) is 20.9. The summed E-state index contributed by atoms with van der Waals surface area (Å²) in [5, 5.41) is 7.63. The van der Waals surface area contributed by atoms with Crippen LogP contribution in [-0.2, 0) is 23.2 Å². The Labute approximate surface area is 186 Å². The Bertz CT molecular complexity index is 813. The van der Waals surface area contributed by atoms with Crippen molar-refractivity contribution in [2.45, 2.75) is 45.6 Å². The van der Waals surface area contributed by atoms with Crippen LogP contribution in [0.3, 0.4) is 0 Å². The normalized spacial score (nSPS) is 17.8. The van der Waals surface area contributed by atoms with E-state index >= 15 is 0 Å². The van der Waals surface area contributed by atoms with Gasteiger partial charge in [0.05, 0.1) is 6.61 Å². The van der Waals surface area contributed by atoms with E-state index in [-0.39, 0.29) is 18.4 Å². The smallest absolute Gasteiger partial charge is 0.279 e. The van der Waals surface area contributed by atoms with Gasteiger partial charge in [0.1, 0.15) is 5.75 Å². The highest BCUT2D eigenvalue weighted by molar-refractivity contribution is 7.87. The number of halogens is 1. The summed E-state index contributed by atoms with van der Waals surface area (Å²) in [6, 6.07) is 6.14. The first-order valence-electron chi connectivity index (χ1n) is 10.5. The van der Waals surface area contributed by atoms with Crippen molar-refractivity contribution in [1.82, 2.24) is 13.9 Å². The van der Waals surface area contributed by atoms with Gasteiger partial charge in [-0.15, -0.1) is 12.4 Å². The number of nitrogens with zero attached hydrogens (tertiary/aromatic N) is 2. The van der Waals surface area contributed by atoms with Crippen LogP contribution in [0, 0.1) is 11.3 Å². The van der Waals surface area contributed by atoms with Gasteiger partial charge in [0.2, 0.25) is 0 Å². The molecule has 1 aromatic rings. The summed E-state index contributed by atoms with van der Waals surface area (Å²) in [4.78, 5) is 1.86. The number of hydrogen-bond acceptors (Lipinski definition) is 4. The summed E-state index contributed by atoms with van der Waals surface area (Å²) in [6.07, 6.45) is 4.32. The van der Waals surface area contributed by atoms with Crippen molar-refractivity contribution in [3.05, 3.63) is 29.3 Å². The largest absolute Gasteiger partial charge is 0.493 e. The maximum absolute atomic E-state index is 12.3. The summed E-state index contributed by atoms with van der Waals surface area (Å²) >= 11 is 0. The van der Waals surface area contributed by atoms with E-state index in [0.29, 0.717) is 38.7 Å². The molecule has 0 aromatic heterocycles. The van der Waals surface area contributed by atoms with Crippen LogP contribution in [0.25, 0.3) is 0 Å². The van der Waals surface area contributed by atoms with Gasteiger partial charge in [-0.1, -0.05) is 19.4 Å². The molecule has 0 bridgehead atoms. The number of piperidine rings is 1. The lowest BCUT2D eigenvalue weighted by molar-refractivity contribution is 0.184. The average molecular weight is 460 g/mol. The predicted octanol–water partition coefficient (Wildman–Crippen LogP) is 2.09. The molecule has 0 unspecified atom stereocenters. The molecule has 2 aliphatic heterocycles. The number of ether oxygens (including phenoxy) is 1. The van der Waals surface area contributed by atoms with E-state index in [1.54, 1.807) is 4.31 Å². The summed E-state index contributed by atoms with van der Waals surface area (Å²) in [7, 11) is -3.36. The topological polar surface area (TPSA) is 112 Å². The van der Waals surface area contributed by atoms with Crippen LogP contribution in [-0.4, -0.2) is 56.4 Å². The van der Waals surface area contributed by atoms with E-state index in [9.17, 15) is 8.42 Å². The van der Waals surface area contributed by atoms with Crippen LogP contribution in [0.1, 0.15) is 43.7 Å². The molecule has 0 spiro atoms. The number of guanidine groups is 1. The third-order valence-corrected chi connectivity index (χ3v) is 7.36. The number of nitrogens with two attached hydrogens (primary N) is 1. The third-order valence-electron chi connectivity index (χ3n) is 5.74. The summed E-state index contributed by atoms with van der Waals surface area (Å²) in [5.74, 6) is 1.28. The molecule has 3 rings (SSSR count). The van der Waals surface area contributed by atoms with Crippen LogP contribution in [0.2, 0.25) is 0 Å². The molecule has 1 saturated heterocycles. The van der Waals surface area contributed by atoms with Crippen LogP contribution in [0.4, 0.5) is 0 Å². The van der Waals surface area contributed by atoms with Crippen molar-refractivity contribution in [1.29, 1.82) is 5.41 Å². The number of hydrogen-bond donors (Lipinski definition) is 3. The van der Waals surface area contributed by atoms with Gasteiger partial charge >= 0.3 is 0 Å². The quantitative estimate of drug-likeness (QED) is 0.313. The van der Waals surface area contributed by atoms with E-state index < -0.39 is 10.2 Å². The van der Waals surface area contributed by atoms with Gasteiger partial charge in [-0.2, -0.15) is 12.7 Å². The number of rotatable bonds is 8. The SMILES string of the molecule is CCCCNS(=O)(=O)N1CCC(COc2ccc3c(c2)CN(C(=N)N)CC3)CC1.Cl. The van der Waals surface area contributed by atoms with Crippen LogP contribution in [0.15, 0.2) is 18.2 Å². The molecule has 0 atom stereocenters. The highest BCUT2D eigenvalue weighted by Crippen LogP contribution is 2.25. The minimum atomic E-state index is -3.36. The molecular weight excluding hydrogens is 426 g/mol. The Kier molecular flexibility index (Phi) is 9.21. The minimum Gasteiger partial charge on any atom is -0.493 e. The lowest BCUT2D eigenvalue weighted by Crippen LogP contribution is -2.45. The first-order chi connectivity index (χ1) is 13.9. The van der Waals surface area contributed by atoms with Gasteiger partial charge in [0, 0.05) is 32.7 Å². The van der Waals surface area contributed by atoms with E-state index in [1.165, 1.54) is 5.56 Å². The Hall–Kier alpha value is -1.55. The maximum Gasteiger partial charge on any atom is 0.279 e. The summed E-state index contributed by atoms with van der Waals surface area (Å²) in [6.45, 7) is 5.62. The van der Waals surface area contributed by atoms with E-state index in [0.717, 1.165) is 50.0 Å². The third kappa shape index (κ3) is 6.47. The average Bonchev–Trinajstić information content (AvgIpc) is 2.72. The van der Waals surface area contributed by atoms with Gasteiger partial charge in [0.25, 0.3) is 10.2 Å². The van der Waals surface area contributed by atoms with Crippen LogP contribution >= 0.6 is 12.4 Å². The van der Waals surface area contributed by atoms with Gasteiger partial charge in [-0.25, -0.2) is 4.72 Å². The van der Waals surface area contributed by atoms with E-state index in [4.69, 9.17) is 15.9 Å². The Morgan fingerprint density at radius 1 is 1.27 bits per heavy atom. The Balaban J connectivity index is 0.00000320. The summed E-state index contributed by atoms with van der Waals surface area (Å²) < 4.78 is 34.9. The van der Waals surface area contributed by atoms with Crippen LogP contribution < -0.4 is 15.2 Å². The fourth-order valence-corrected chi connectivity index (χ4v) is 5.10. The second-order valence-electron chi connectivity index (χ2n) is 7.89. The lowest BCUT2D eigenvalue weighted by atomic mass is 9.98. The van der Waals surface area contributed by atoms with Gasteiger partial charge in [-0.3, -0.25) is 5.41 Å². The van der Waals surface area contributed by atoms with E-state index in [2.05, 4.69) is 10.8 Å². The molecule has 2 aliphatic rings. The fraction of sp³-hybridized carbons (Fsp3) is 0.650. The molecule has 0 radical (unpaired) electrons. The summed E-state index contributed by atoms with van der Waals surface area (Å²) in [5.41, 5.74) is 8.06. The first kappa shape index (κ1) is 24.7. The number of nitrogens with one attached hydrogen (secondary N) is 2. The standard InChI is InChI=1S/C20H33N5O3S.ClH/c1-2-3-9-23-29(26,27)25-11-6-16(7-12-25)15-28-19-5-4-17-8-10-24(20(21)22)14-18(17)13-19;/h4-5,13,16,23H,2-3,6-12,14-15H2,1H3,(H3,21,22);1H. The monoisotopic (exact) mass is 459 g/mol. The molecule has 0 aliphatic carbocycles. The zero-order valence-corrected chi connectivity index (χ0v) is 19.2. The molecule has 10 heteroatoms. The molecule has 4 N–H and O–H groups in total. The number of benzene rings is 1. The lowest BCUT2D eigenvalue weighted by Gasteiger charge is -2.31. The Morgan fingerprint density at radius 3 is 2.67 bits per heavy atom. The van der Waals surface area contributed by atoms with Gasteiger partial charge in [-0.05, 0) is 54.9 Å².